The van der Waals surface area contributed by atoms with E-state index in [1.165, 1.54) is 12.1 Å². The maximum Gasteiger partial charge on any atom is 0.138 e. The van der Waals surface area contributed by atoms with E-state index in [0.29, 0.717) is 5.75 Å². The van der Waals surface area contributed by atoms with Crippen molar-refractivity contribution in [1.82, 2.24) is 0 Å². The van der Waals surface area contributed by atoms with Crippen molar-refractivity contribution in [2.75, 3.05) is 0 Å². The molecule has 0 heterocycles. The van der Waals surface area contributed by atoms with Gasteiger partial charge < -0.3 is 4.74 Å². The zero-order valence-electron chi connectivity index (χ0n) is 6.12. The number of hydrogen-bond acceptors (Lipinski definition) is 2. The highest BCUT2D eigenvalue weighted by atomic mass is 32.1. The lowest BCUT2D eigenvalue weighted by Crippen LogP contribution is -2.01. The largest absolute Gasteiger partial charge is 0.480 e. The molecule has 1 unspecified atom stereocenters. The minimum absolute atomic E-state index is 0.166. The van der Waals surface area contributed by atoms with E-state index in [1.54, 1.807) is 19.1 Å². The topological polar surface area (TPSA) is 9.23 Å². The Labute approximate surface area is 70.6 Å². The SMILES string of the molecule is CC(S)Oc1ccc(F)cc1. The van der Waals surface area contributed by atoms with Gasteiger partial charge in [-0.15, -0.1) is 12.6 Å². The molecular weight excluding hydrogens is 163 g/mol. The number of hydrogen-bond donors (Lipinski definition) is 1. The van der Waals surface area contributed by atoms with E-state index < -0.39 is 0 Å². The Hall–Kier alpha value is -0.700. The number of rotatable bonds is 2. The second-order valence-corrected chi connectivity index (χ2v) is 2.90. The van der Waals surface area contributed by atoms with Crippen LogP contribution < -0.4 is 4.74 Å². The van der Waals surface area contributed by atoms with Gasteiger partial charge in [-0.1, -0.05) is 0 Å². The average molecular weight is 172 g/mol. The van der Waals surface area contributed by atoms with Crippen molar-refractivity contribution < 1.29 is 9.13 Å². The zero-order valence-corrected chi connectivity index (χ0v) is 7.01. The second kappa shape index (κ2) is 3.62. The monoisotopic (exact) mass is 172 g/mol. The Morgan fingerprint density at radius 2 is 1.91 bits per heavy atom. The van der Waals surface area contributed by atoms with Crippen molar-refractivity contribution in [3.63, 3.8) is 0 Å². The van der Waals surface area contributed by atoms with E-state index in [1.807, 2.05) is 0 Å². The highest BCUT2D eigenvalue weighted by molar-refractivity contribution is 7.80. The van der Waals surface area contributed by atoms with Crippen LogP contribution in [0.1, 0.15) is 6.92 Å². The normalized spacial score (nSPS) is 12.6. The minimum Gasteiger partial charge on any atom is -0.480 e. The van der Waals surface area contributed by atoms with Crippen LogP contribution >= 0.6 is 12.6 Å². The van der Waals surface area contributed by atoms with Crippen LogP contribution in [0.2, 0.25) is 0 Å². The van der Waals surface area contributed by atoms with Crippen LogP contribution in [-0.2, 0) is 0 Å². The molecule has 1 aromatic carbocycles. The number of halogens is 1. The fraction of sp³-hybridized carbons (Fsp3) is 0.250. The molecule has 3 heteroatoms. The summed E-state index contributed by atoms with van der Waals surface area (Å²) in [6, 6.07) is 5.85. The highest BCUT2D eigenvalue weighted by Gasteiger charge is 1.96. The van der Waals surface area contributed by atoms with Crippen molar-refractivity contribution in [3.05, 3.63) is 30.1 Å². The van der Waals surface area contributed by atoms with Gasteiger partial charge in [0, 0.05) is 0 Å². The predicted molar refractivity (Wildman–Crippen MR) is 45.5 cm³/mol. The molecule has 0 aliphatic carbocycles. The van der Waals surface area contributed by atoms with E-state index in [0.717, 1.165) is 0 Å². The van der Waals surface area contributed by atoms with Gasteiger partial charge in [0.1, 0.15) is 17.0 Å². The van der Waals surface area contributed by atoms with Crippen LogP contribution in [0.3, 0.4) is 0 Å². The molecule has 0 N–H and O–H groups in total. The van der Waals surface area contributed by atoms with Crippen molar-refractivity contribution >= 4 is 12.6 Å². The quantitative estimate of drug-likeness (QED) is 0.532. The summed E-state index contributed by atoms with van der Waals surface area (Å²) >= 11 is 4.02. The first-order valence-corrected chi connectivity index (χ1v) is 3.80. The van der Waals surface area contributed by atoms with Gasteiger partial charge >= 0.3 is 0 Å². The minimum atomic E-state index is -0.260. The standard InChI is InChI=1S/C8H9FOS/c1-6(11)10-8-4-2-7(9)3-5-8/h2-6,11H,1H3. The highest BCUT2D eigenvalue weighted by Crippen LogP contribution is 2.13. The van der Waals surface area contributed by atoms with Crippen LogP contribution in [-0.4, -0.2) is 5.44 Å². The van der Waals surface area contributed by atoms with E-state index in [9.17, 15) is 4.39 Å². The molecule has 0 fully saturated rings. The summed E-state index contributed by atoms with van der Waals surface area (Å²) in [5.41, 5.74) is -0.166. The molecule has 0 bridgehead atoms. The average Bonchev–Trinajstić information content (AvgIpc) is 1.93. The van der Waals surface area contributed by atoms with Crippen molar-refractivity contribution in [2.24, 2.45) is 0 Å². The van der Waals surface area contributed by atoms with Gasteiger partial charge in [0.15, 0.2) is 0 Å². The maximum absolute atomic E-state index is 12.3. The summed E-state index contributed by atoms with van der Waals surface area (Å²) in [6.45, 7) is 1.80. The predicted octanol–water partition coefficient (Wildman–Crippen LogP) is 2.48. The van der Waals surface area contributed by atoms with Gasteiger partial charge in [0.05, 0.1) is 0 Å². The Balaban J connectivity index is 2.66. The van der Waals surface area contributed by atoms with E-state index in [2.05, 4.69) is 12.6 Å². The van der Waals surface area contributed by atoms with Gasteiger partial charge in [-0.2, -0.15) is 0 Å². The third-order valence-corrected chi connectivity index (χ3v) is 1.23. The molecule has 60 valence electrons. The number of benzene rings is 1. The first kappa shape index (κ1) is 8.40. The molecule has 1 nitrogen and oxygen atoms in total. The third kappa shape index (κ3) is 2.80. The van der Waals surface area contributed by atoms with E-state index in [4.69, 9.17) is 4.74 Å². The third-order valence-electron chi connectivity index (χ3n) is 1.12. The van der Waals surface area contributed by atoms with Crippen LogP contribution in [0.25, 0.3) is 0 Å². The Morgan fingerprint density at radius 3 is 2.36 bits per heavy atom. The molecule has 0 saturated heterocycles. The molecule has 0 spiro atoms. The van der Waals surface area contributed by atoms with Crippen molar-refractivity contribution in [2.45, 2.75) is 12.4 Å². The molecule has 0 aromatic heterocycles. The summed E-state index contributed by atoms with van der Waals surface area (Å²) in [6.07, 6.45) is 0. The molecular formula is C8H9FOS. The second-order valence-electron chi connectivity index (χ2n) is 2.17. The van der Waals surface area contributed by atoms with Crippen LogP contribution in [0.5, 0.6) is 5.75 Å². The lowest BCUT2D eigenvalue weighted by Gasteiger charge is -2.07. The molecule has 11 heavy (non-hydrogen) atoms. The van der Waals surface area contributed by atoms with E-state index >= 15 is 0 Å². The lowest BCUT2D eigenvalue weighted by atomic mass is 10.3. The first-order valence-electron chi connectivity index (χ1n) is 3.29. The number of thiol groups is 1. The van der Waals surface area contributed by atoms with Gasteiger partial charge in [0.2, 0.25) is 0 Å². The summed E-state index contributed by atoms with van der Waals surface area (Å²) in [7, 11) is 0. The van der Waals surface area contributed by atoms with Gasteiger partial charge in [-0.25, -0.2) is 4.39 Å². The van der Waals surface area contributed by atoms with Crippen molar-refractivity contribution in [1.29, 1.82) is 0 Å². The zero-order chi connectivity index (χ0) is 8.27. The van der Waals surface area contributed by atoms with Gasteiger partial charge in [-0.05, 0) is 31.2 Å². The number of ether oxygens (including phenoxy) is 1. The van der Waals surface area contributed by atoms with Crippen LogP contribution in [0, 0.1) is 5.82 Å². The first-order chi connectivity index (χ1) is 5.18. The summed E-state index contributed by atoms with van der Waals surface area (Å²) in [5.74, 6) is 0.373. The summed E-state index contributed by atoms with van der Waals surface area (Å²) < 4.78 is 17.5. The molecule has 0 amide bonds. The summed E-state index contributed by atoms with van der Waals surface area (Å²) in [4.78, 5) is 0. The molecule has 1 aromatic rings. The van der Waals surface area contributed by atoms with Gasteiger partial charge in [0.25, 0.3) is 0 Å². The molecule has 0 radical (unpaired) electrons. The smallest absolute Gasteiger partial charge is 0.138 e. The molecule has 0 aliphatic heterocycles. The Bertz CT molecular complexity index is 220. The fourth-order valence-corrected chi connectivity index (χ4v) is 0.832. The molecule has 1 rings (SSSR count). The van der Waals surface area contributed by atoms with E-state index in [-0.39, 0.29) is 11.3 Å². The molecule has 1 atom stereocenters. The van der Waals surface area contributed by atoms with Crippen LogP contribution in [0.4, 0.5) is 4.39 Å². The molecule has 0 saturated carbocycles. The molecule has 0 aliphatic rings. The van der Waals surface area contributed by atoms with Gasteiger partial charge in [-0.3, -0.25) is 0 Å². The maximum atomic E-state index is 12.3. The lowest BCUT2D eigenvalue weighted by molar-refractivity contribution is 0.309. The Kier molecular flexibility index (Phi) is 2.76. The van der Waals surface area contributed by atoms with Crippen LogP contribution in [0.15, 0.2) is 24.3 Å². The van der Waals surface area contributed by atoms with Crippen molar-refractivity contribution in [3.8, 4) is 5.75 Å². The fourth-order valence-electron chi connectivity index (χ4n) is 0.710. The Morgan fingerprint density at radius 1 is 1.36 bits per heavy atom. The summed E-state index contributed by atoms with van der Waals surface area (Å²) in [5, 5.41) is 0.